The highest BCUT2D eigenvalue weighted by Gasteiger charge is 2.31. The van der Waals surface area contributed by atoms with Crippen molar-refractivity contribution in [3.63, 3.8) is 0 Å². The number of amides is 1. The molecule has 158 valence electrons. The van der Waals surface area contributed by atoms with Crippen LogP contribution in [0.15, 0.2) is 41.8 Å². The Morgan fingerprint density at radius 3 is 2.90 bits per heavy atom. The molecule has 1 amide bonds. The van der Waals surface area contributed by atoms with Crippen molar-refractivity contribution in [3.8, 4) is 22.1 Å². The molecule has 4 aromatic rings. The predicted octanol–water partition coefficient (Wildman–Crippen LogP) is 4.77. The van der Waals surface area contributed by atoms with E-state index >= 15 is 0 Å². The minimum absolute atomic E-state index is 0.0911. The van der Waals surface area contributed by atoms with E-state index in [1.807, 2.05) is 18.2 Å². The first kappa shape index (κ1) is 19.4. The van der Waals surface area contributed by atoms with Gasteiger partial charge in [-0.25, -0.2) is 9.97 Å². The SMILES string of the molecule is O=C(Nc1nc2ccc(OC(F)(F)F)cc2[nH]1)c1csc(-c2ccc3c(c2)CCO3)n1. The molecule has 0 aliphatic carbocycles. The number of aromatic amines is 1. The summed E-state index contributed by atoms with van der Waals surface area (Å²) in [5.74, 6) is 0.0866. The summed E-state index contributed by atoms with van der Waals surface area (Å²) >= 11 is 1.33. The van der Waals surface area contributed by atoms with Gasteiger partial charge in [0, 0.05) is 23.4 Å². The summed E-state index contributed by atoms with van der Waals surface area (Å²) in [4.78, 5) is 23.9. The molecular weight excluding hydrogens is 433 g/mol. The van der Waals surface area contributed by atoms with Gasteiger partial charge in [0.2, 0.25) is 5.95 Å². The number of alkyl halides is 3. The third kappa shape index (κ3) is 4.04. The molecule has 0 saturated carbocycles. The number of rotatable bonds is 4. The van der Waals surface area contributed by atoms with Gasteiger partial charge in [-0.05, 0) is 35.9 Å². The standard InChI is InChI=1S/C20H13F3N4O3S/c21-20(22,23)30-12-2-3-13-14(8-12)26-19(25-13)27-17(28)15-9-31-18(24-15)11-1-4-16-10(7-11)5-6-29-16/h1-4,7-9H,5-6H2,(H2,25,26,27,28). The zero-order chi connectivity index (χ0) is 21.6. The molecule has 0 radical (unpaired) electrons. The van der Waals surface area contributed by atoms with E-state index in [1.54, 1.807) is 5.38 Å². The van der Waals surface area contributed by atoms with E-state index in [-0.39, 0.29) is 22.9 Å². The van der Waals surface area contributed by atoms with Crippen LogP contribution in [0.1, 0.15) is 16.1 Å². The quantitative estimate of drug-likeness (QED) is 0.471. The number of fused-ring (bicyclic) bond motifs is 2. The van der Waals surface area contributed by atoms with E-state index < -0.39 is 12.3 Å². The van der Waals surface area contributed by atoms with Gasteiger partial charge < -0.3 is 14.5 Å². The summed E-state index contributed by atoms with van der Waals surface area (Å²) in [5, 5.41) is 4.90. The van der Waals surface area contributed by atoms with Crippen molar-refractivity contribution in [2.75, 3.05) is 11.9 Å². The summed E-state index contributed by atoms with van der Waals surface area (Å²) in [5.41, 5.74) is 2.88. The number of ether oxygens (including phenoxy) is 2. The number of benzene rings is 2. The highest BCUT2D eigenvalue weighted by atomic mass is 32.1. The number of halogens is 3. The summed E-state index contributed by atoms with van der Waals surface area (Å²) in [6.45, 7) is 0.658. The summed E-state index contributed by atoms with van der Waals surface area (Å²) in [6, 6.07) is 9.46. The molecule has 0 fully saturated rings. The Balaban J connectivity index is 1.33. The summed E-state index contributed by atoms with van der Waals surface area (Å²) in [7, 11) is 0. The fourth-order valence-corrected chi connectivity index (χ4v) is 4.04. The van der Waals surface area contributed by atoms with Crippen LogP contribution in [-0.2, 0) is 6.42 Å². The van der Waals surface area contributed by atoms with Crippen LogP contribution in [0.3, 0.4) is 0 Å². The molecule has 3 heterocycles. The Morgan fingerprint density at radius 2 is 2.06 bits per heavy atom. The Kier molecular flexibility index (Phi) is 4.54. The van der Waals surface area contributed by atoms with E-state index in [2.05, 4.69) is 25.0 Å². The molecule has 0 unspecified atom stereocenters. The Morgan fingerprint density at radius 1 is 1.19 bits per heavy atom. The maximum atomic E-state index is 12.6. The van der Waals surface area contributed by atoms with Gasteiger partial charge in [-0.1, -0.05) is 0 Å². The van der Waals surface area contributed by atoms with Crippen LogP contribution in [0.2, 0.25) is 0 Å². The third-order valence-electron chi connectivity index (χ3n) is 4.59. The molecule has 1 aliphatic rings. The minimum atomic E-state index is -4.79. The molecule has 11 heteroatoms. The molecule has 5 rings (SSSR count). The van der Waals surface area contributed by atoms with Crippen LogP contribution >= 0.6 is 11.3 Å². The lowest BCUT2D eigenvalue weighted by Gasteiger charge is -2.07. The van der Waals surface area contributed by atoms with Crippen molar-refractivity contribution in [1.29, 1.82) is 0 Å². The van der Waals surface area contributed by atoms with Crippen molar-refractivity contribution in [2.45, 2.75) is 12.8 Å². The van der Waals surface area contributed by atoms with E-state index in [1.165, 1.54) is 17.4 Å². The average Bonchev–Trinajstić information content (AvgIpc) is 3.44. The second-order valence-electron chi connectivity index (χ2n) is 6.73. The van der Waals surface area contributed by atoms with Gasteiger partial charge in [0.25, 0.3) is 5.91 Å². The Hall–Kier alpha value is -3.60. The number of aromatic nitrogens is 3. The lowest BCUT2D eigenvalue weighted by Crippen LogP contribution is -2.16. The molecule has 0 bridgehead atoms. The molecule has 7 nitrogen and oxygen atoms in total. The number of carbonyl (C=O) groups is 1. The molecule has 2 aromatic heterocycles. The average molecular weight is 446 g/mol. The van der Waals surface area contributed by atoms with Gasteiger partial charge >= 0.3 is 6.36 Å². The largest absolute Gasteiger partial charge is 0.573 e. The van der Waals surface area contributed by atoms with E-state index in [9.17, 15) is 18.0 Å². The topological polar surface area (TPSA) is 89.1 Å². The number of imidazole rings is 1. The fraction of sp³-hybridized carbons (Fsp3) is 0.150. The van der Waals surface area contributed by atoms with Crippen LogP contribution in [0.25, 0.3) is 21.6 Å². The number of hydrogen-bond donors (Lipinski definition) is 2. The zero-order valence-corrected chi connectivity index (χ0v) is 16.4. The number of hydrogen-bond acceptors (Lipinski definition) is 6. The Bertz CT molecular complexity index is 1300. The molecule has 2 N–H and O–H groups in total. The van der Waals surface area contributed by atoms with Crippen molar-refractivity contribution >= 4 is 34.2 Å². The molecule has 1 aliphatic heterocycles. The van der Waals surface area contributed by atoms with Gasteiger partial charge in [-0.3, -0.25) is 10.1 Å². The lowest BCUT2D eigenvalue weighted by molar-refractivity contribution is -0.274. The number of carbonyl (C=O) groups excluding carboxylic acids is 1. The number of nitrogens with zero attached hydrogens (tertiary/aromatic N) is 2. The summed E-state index contributed by atoms with van der Waals surface area (Å²) < 4.78 is 46.5. The van der Waals surface area contributed by atoms with Gasteiger partial charge in [-0.2, -0.15) is 0 Å². The van der Waals surface area contributed by atoms with Crippen LogP contribution < -0.4 is 14.8 Å². The number of thiazole rings is 1. The summed E-state index contributed by atoms with van der Waals surface area (Å²) in [6.07, 6.45) is -3.96. The Labute approximate surface area is 176 Å². The van der Waals surface area contributed by atoms with Crippen molar-refractivity contribution in [2.24, 2.45) is 0 Å². The van der Waals surface area contributed by atoms with Crippen LogP contribution in [0.5, 0.6) is 11.5 Å². The monoisotopic (exact) mass is 446 g/mol. The number of nitrogens with one attached hydrogen (secondary N) is 2. The highest BCUT2D eigenvalue weighted by Crippen LogP contribution is 2.32. The molecule has 0 saturated heterocycles. The second kappa shape index (κ2) is 7.27. The first-order chi connectivity index (χ1) is 14.8. The van der Waals surface area contributed by atoms with Crippen LogP contribution in [0, 0.1) is 0 Å². The first-order valence-electron chi connectivity index (χ1n) is 9.12. The van der Waals surface area contributed by atoms with E-state index in [0.29, 0.717) is 17.1 Å². The highest BCUT2D eigenvalue weighted by molar-refractivity contribution is 7.13. The number of H-pyrrole nitrogens is 1. The van der Waals surface area contributed by atoms with E-state index in [4.69, 9.17) is 4.74 Å². The van der Waals surface area contributed by atoms with Crippen molar-refractivity contribution in [3.05, 3.63) is 53.0 Å². The molecule has 2 aromatic carbocycles. The van der Waals surface area contributed by atoms with Gasteiger partial charge in [0.15, 0.2) is 0 Å². The van der Waals surface area contributed by atoms with Gasteiger partial charge in [0.1, 0.15) is 22.2 Å². The van der Waals surface area contributed by atoms with Crippen molar-refractivity contribution in [1.82, 2.24) is 15.0 Å². The maximum Gasteiger partial charge on any atom is 0.573 e. The predicted molar refractivity (Wildman–Crippen MR) is 107 cm³/mol. The van der Waals surface area contributed by atoms with Crippen molar-refractivity contribution < 1.29 is 27.4 Å². The van der Waals surface area contributed by atoms with Gasteiger partial charge in [-0.15, -0.1) is 24.5 Å². The molecule has 31 heavy (non-hydrogen) atoms. The van der Waals surface area contributed by atoms with Crippen LogP contribution in [0.4, 0.5) is 19.1 Å². The number of anilines is 1. The normalized spacial score (nSPS) is 13.1. The molecular formula is C20H13F3N4O3S. The maximum absolute atomic E-state index is 12.6. The fourth-order valence-electron chi connectivity index (χ4n) is 3.25. The van der Waals surface area contributed by atoms with Crippen LogP contribution in [-0.4, -0.2) is 33.8 Å². The zero-order valence-electron chi connectivity index (χ0n) is 15.6. The molecule has 0 spiro atoms. The molecule has 0 atom stereocenters. The van der Waals surface area contributed by atoms with Gasteiger partial charge in [0.05, 0.1) is 17.6 Å². The van der Waals surface area contributed by atoms with E-state index in [0.717, 1.165) is 35.4 Å². The second-order valence-corrected chi connectivity index (χ2v) is 7.58. The lowest BCUT2D eigenvalue weighted by atomic mass is 10.1. The first-order valence-corrected chi connectivity index (χ1v) is 10.0. The smallest absolute Gasteiger partial charge is 0.493 e. The third-order valence-corrected chi connectivity index (χ3v) is 5.48. The minimum Gasteiger partial charge on any atom is -0.493 e.